The number of aromatic nitrogens is 3. The van der Waals surface area contributed by atoms with Crippen molar-refractivity contribution in [2.75, 3.05) is 5.32 Å². The fraction of sp³-hybridized carbons (Fsp3) is 0.308. The predicted molar refractivity (Wildman–Crippen MR) is 69.0 cm³/mol. The summed E-state index contributed by atoms with van der Waals surface area (Å²) in [4.78, 5) is 4.29. The van der Waals surface area contributed by atoms with E-state index in [2.05, 4.69) is 21.5 Å². The molecule has 18 heavy (non-hydrogen) atoms. The molecule has 2 heterocycles. The summed E-state index contributed by atoms with van der Waals surface area (Å²) >= 11 is 0. The van der Waals surface area contributed by atoms with E-state index in [0.717, 1.165) is 22.6 Å². The van der Waals surface area contributed by atoms with Crippen LogP contribution in [0.5, 0.6) is 0 Å². The first-order valence-electron chi connectivity index (χ1n) is 5.70. The van der Waals surface area contributed by atoms with E-state index in [9.17, 15) is 0 Å². The summed E-state index contributed by atoms with van der Waals surface area (Å²) in [6, 6.07) is 4.08. The van der Waals surface area contributed by atoms with Gasteiger partial charge in [-0.05, 0) is 19.9 Å². The number of nitriles is 1. The van der Waals surface area contributed by atoms with E-state index < -0.39 is 0 Å². The number of nitrogens with zero attached hydrogens (tertiary/aromatic N) is 4. The van der Waals surface area contributed by atoms with E-state index in [1.807, 2.05) is 33.2 Å². The zero-order valence-electron chi connectivity index (χ0n) is 10.7. The molecule has 5 heteroatoms. The lowest BCUT2D eigenvalue weighted by Crippen LogP contribution is -2.04. The number of hydrogen-bond acceptors (Lipinski definition) is 4. The first-order valence-corrected chi connectivity index (χ1v) is 5.70. The van der Waals surface area contributed by atoms with E-state index >= 15 is 0 Å². The lowest BCUT2D eigenvalue weighted by Gasteiger charge is -2.09. The van der Waals surface area contributed by atoms with Gasteiger partial charge in [-0.25, -0.2) is 0 Å². The highest BCUT2D eigenvalue weighted by Gasteiger charge is 2.07. The molecule has 0 saturated heterocycles. The zero-order valence-corrected chi connectivity index (χ0v) is 10.7. The Morgan fingerprint density at radius 3 is 2.83 bits per heavy atom. The normalized spacial score (nSPS) is 10.1. The zero-order chi connectivity index (χ0) is 13.1. The van der Waals surface area contributed by atoms with Crippen LogP contribution in [-0.2, 0) is 13.6 Å². The Bertz CT molecular complexity index is 606. The molecule has 2 aromatic heterocycles. The first kappa shape index (κ1) is 12.1. The molecule has 2 aromatic rings. The highest BCUT2D eigenvalue weighted by Crippen LogP contribution is 2.19. The van der Waals surface area contributed by atoms with Crippen molar-refractivity contribution < 1.29 is 0 Å². The van der Waals surface area contributed by atoms with Crippen LogP contribution in [0.2, 0.25) is 0 Å². The van der Waals surface area contributed by atoms with Crippen molar-refractivity contribution in [3.05, 3.63) is 41.0 Å². The molecule has 2 rings (SSSR count). The molecular formula is C13H15N5. The molecule has 5 nitrogen and oxygen atoms in total. The van der Waals surface area contributed by atoms with Gasteiger partial charge in [0.05, 0.1) is 23.1 Å². The number of aryl methyl sites for hydroxylation is 3. The van der Waals surface area contributed by atoms with Gasteiger partial charge in [-0.3, -0.25) is 9.67 Å². The quantitative estimate of drug-likeness (QED) is 0.891. The summed E-state index contributed by atoms with van der Waals surface area (Å²) in [6.45, 7) is 4.41. The van der Waals surface area contributed by atoms with Gasteiger partial charge in [0, 0.05) is 31.0 Å². The van der Waals surface area contributed by atoms with Gasteiger partial charge in [0.1, 0.15) is 6.07 Å². The summed E-state index contributed by atoms with van der Waals surface area (Å²) < 4.78 is 1.76. The third kappa shape index (κ3) is 2.48. The van der Waals surface area contributed by atoms with Crippen molar-refractivity contribution in [2.24, 2.45) is 7.05 Å². The fourth-order valence-electron chi connectivity index (χ4n) is 1.87. The molecule has 0 atom stereocenters. The lowest BCUT2D eigenvalue weighted by molar-refractivity contribution is 0.767. The van der Waals surface area contributed by atoms with Gasteiger partial charge in [-0.2, -0.15) is 10.4 Å². The minimum Gasteiger partial charge on any atom is -0.380 e. The van der Waals surface area contributed by atoms with Crippen LogP contribution in [0.3, 0.4) is 0 Å². The third-order valence-electron chi connectivity index (χ3n) is 2.68. The van der Waals surface area contributed by atoms with E-state index in [-0.39, 0.29) is 0 Å². The molecule has 0 unspecified atom stereocenters. The van der Waals surface area contributed by atoms with E-state index in [4.69, 9.17) is 5.26 Å². The Kier molecular flexibility index (Phi) is 3.28. The number of anilines is 1. The average Bonchev–Trinajstić information content (AvgIpc) is 2.72. The van der Waals surface area contributed by atoms with Crippen molar-refractivity contribution in [2.45, 2.75) is 20.4 Å². The summed E-state index contributed by atoms with van der Waals surface area (Å²) in [5.41, 5.74) is 4.16. The number of pyridine rings is 1. The third-order valence-corrected chi connectivity index (χ3v) is 2.68. The lowest BCUT2D eigenvalue weighted by atomic mass is 10.1. The highest BCUT2D eigenvalue weighted by atomic mass is 15.2. The summed E-state index contributed by atoms with van der Waals surface area (Å²) in [5.74, 6) is 0. The molecule has 0 radical (unpaired) electrons. The van der Waals surface area contributed by atoms with Crippen LogP contribution in [0.15, 0.2) is 18.5 Å². The minimum atomic E-state index is 0.601. The maximum Gasteiger partial charge on any atom is 0.103 e. The van der Waals surface area contributed by atoms with Gasteiger partial charge < -0.3 is 5.32 Å². The van der Waals surface area contributed by atoms with Crippen LogP contribution in [0.4, 0.5) is 5.69 Å². The van der Waals surface area contributed by atoms with Gasteiger partial charge >= 0.3 is 0 Å². The second kappa shape index (κ2) is 4.88. The highest BCUT2D eigenvalue weighted by molar-refractivity contribution is 5.59. The van der Waals surface area contributed by atoms with Gasteiger partial charge in [0.2, 0.25) is 0 Å². The van der Waals surface area contributed by atoms with Gasteiger partial charge in [0.25, 0.3) is 0 Å². The minimum absolute atomic E-state index is 0.601. The van der Waals surface area contributed by atoms with Crippen molar-refractivity contribution in [1.82, 2.24) is 14.8 Å². The molecule has 0 aliphatic heterocycles. The van der Waals surface area contributed by atoms with E-state index in [0.29, 0.717) is 12.1 Å². The standard InChI is InChI=1S/C13H15N5/c1-9-4-13(12(5-14)10(2)17-9)15-6-11-7-16-18(3)8-11/h4,7-8H,6H2,1-3H3,(H,15,17). The molecular weight excluding hydrogens is 226 g/mol. The Hall–Kier alpha value is -2.35. The predicted octanol–water partition coefficient (Wildman–Crippen LogP) is 1.92. The molecule has 0 amide bonds. The van der Waals surface area contributed by atoms with E-state index in [1.54, 1.807) is 10.9 Å². The Morgan fingerprint density at radius 1 is 1.44 bits per heavy atom. The Balaban J connectivity index is 2.21. The maximum absolute atomic E-state index is 9.15. The average molecular weight is 241 g/mol. The van der Waals surface area contributed by atoms with Crippen molar-refractivity contribution in [1.29, 1.82) is 5.26 Å². The van der Waals surface area contributed by atoms with Crippen LogP contribution in [-0.4, -0.2) is 14.8 Å². The number of rotatable bonds is 3. The van der Waals surface area contributed by atoms with Gasteiger partial charge in [-0.15, -0.1) is 0 Å². The molecule has 1 N–H and O–H groups in total. The monoisotopic (exact) mass is 241 g/mol. The van der Waals surface area contributed by atoms with Crippen LogP contribution in [0, 0.1) is 25.2 Å². The smallest absolute Gasteiger partial charge is 0.103 e. The van der Waals surface area contributed by atoms with Crippen molar-refractivity contribution >= 4 is 5.69 Å². The first-order chi connectivity index (χ1) is 8.60. The molecule has 0 aromatic carbocycles. The molecule has 0 saturated carbocycles. The summed E-state index contributed by atoms with van der Waals surface area (Å²) in [6.07, 6.45) is 3.75. The maximum atomic E-state index is 9.15. The van der Waals surface area contributed by atoms with E-state index in [1.165, 1.54) is 0 Å². The molecule has 0 bridgehead atoms. The second-order valence-electron chi connectivity index (χ2n) is 4.26. The van der Waals surface area contributed by atoms with Crippen molar-refractivity contribution in [3.63, 3.8) is 0 Å². The summed E-state index contributed by atoms with van der Waals surface area (Å²) in [5, 5.41) is 16.5. The topological polar surface area (TPSA) is 66.5 Å². The van der Waals surface area contributed by atoms with Crippen LogP contribution >= 0.6 is 0 Å². The van der Waals surface area contributed by atoms with Crippen molar-refractivity contribution in [3.8, 4) is 6.07 Å². The van der Waals surface area contributed by atoms with Crippen LogP contribution in [0.25, 0.3) is 0 Å². The Morgan fingerprint density at radius 2 is 2.22 bits per heavy atom. The number of hydrogen-bond donors (Lipinski definition) is 1. The largest absolute Gasteiger partial charge is 0.380 e. The number of nitrogens with one attached hydrogen (secondary N) is 1. The fourth-order valence-corrected chi connectivity index (χ4v) is 1.87. The summed E-state index contributed by atoms with van der Waals surface area (Å²) in [7, 11) is 1.88. The second-order valence-corrected chi connectivity index (χ2v) is 4.26. The molecule has 0 spiro atoms. The van der Waals surface area contributed by atoms with Gasteiger partial charge in [-0.1, -0.05) is 0 Å². The molecule has 0 aliphatic carbocycles. The molecule has 0 aliphatic rings. The SMILES string of the molecule is Cc1cc(NCc2cnn(C)c2)c(C#N)c(C)n1. The Labute approximate surface area is 106 Å². The van der Waals surface area contributed by atoms with Gasteiger partial charge in [0.15, 0.2) is 0 Å². The molecule has 0 fully saturated rings. The van der Waals surface area contributed by atoms with Crippen LogP contribution in [0.1, 0.15) is 22.5 Å². The molecule has 92 valence electrons. The van der Waals surface area contributed by atoms with Crippen LogP contribution < -0.4 is 5.32 Å².